The fourth-order valence-electron chi connectivity index (χ4n) is 2.00. The second-order valence-corrected chi connectivity index (χ2v) is 6.12. The first-order chi connectivity index (χ1) is 13.9. The molecule has 2 aliphatic heterocycles. The van der Waals surface area contributed by atoms with Gasteiger partial charge in [-0.05, 0) is 38.8 Å². The van der Waals surface area contributed by atoms with Crippen LogP contribution in [-0.4, -0.2) is 86.3 Å². The zero-order valence-electron chi connectivity index (χ0n) is 16.5. The van der Waals surface area contributed by atoms with Crippen LogP contribution >= 0.6 is 0 Å². The molecule has 30 heavy (non-hydrogen) atoms. The van der Waals surface area contributed by atoms with Crippen molar-refractivity contribution in [3.8, 4) is 0 Å². The van der Waals surface area contributed by atoms with Gasteiger partial charge in [-0.1, -0.05) is 0 Å². The number of aliphatic carboxylic acids is 5. The second-order valence-electron chi connectivity index (χ2n) is 6.12. The number of carbonyl (C=O) groups is 6. The Morgan fingerprint density at radius 1 is 0.700 bits per heavy atom. The average molecular weight is 436 g/mol. The molecule has 2 aliphatic rings. The van der Waals surface area contributed by atoms with Gasteiger partial charge in [0, 0.05) is 6.92 Å². The van der Waals surface area contributed by atoms with Crippen LogP contribution in [0.3, 0.4) is 0 Å². The summed E-state index contributed by atoms with van der Waals surface area (Å²) in [7, 11) is 0. The Hall–Kier alpha value is -3.06. The van der Waals surface area contributed by atoms with Crippen molar-refractivity contribution in [2.24, 2.45) is 0 Å². The summed E-state index contributed by atoms with van der Waals surface area (Å²) < 4.78 is 0. The molecule has 2 atom stereocenters. The number of hydrogen-bond acceptors (Lipinski definition) is 8. The lowest BCUT2D eigenvalue weighted by molar-refractivity contribution is -0.148. The van der Waals surface area contributed by atoms with E-state index in [0.29, 0.717) is 0 Å². The van der Waals surface area contributed by atoms with Crippen molar-refractivity contribution in [1.29, 1.82) is 0 Å². The van der Waals surface area contributed by atoms with E-state index >= 15 is 0 Å². The van der Waals surface area contributed by atoms with E-state index in [-0.39, 0.29) is 24.9 Å². The van der Waals surface area contributed by atoms with Crippen LogP contribution in [0, 0.1) is 0 Å². The number of ketones is 1. The quantitative estimate of drug-likeness (QED) is 0.254. The summed E-state index contributed by atoms with van der Waals surface area (Å²) in [6.45, 7) is 2.72. The Morgan fingerprint density at radius 3 is 1.10 bits per heavy atom. The Bertz CT molecular complexity index is 543. The summed E-state index contributed by atoms with van der Waals surface area (Å²) in [5, 5.41) is 45.9. The van der Waals surface area contributed by atoms with Crippen LogP contribution in [0.15, 0.2) is 0 Å². The van der Waals surface area contributed by atoms with E-state index in [0.717, 1.165) is 45.7 Å². The Labute approximate surface area is 172 Å². The molecule has 172 valence electrons. The third kappa shape index (κ3) is 18.3. The number of hydrogen-bond donors (Lipinski definition) is 7. The van der Waals surface area contributed by atoms with Crippen LogP contribution in [0.2, 0.25) is 0 Å². The van der Waals surface area contributed by atoms with Gasteiger partial charge >= 0.3 is 29.8 Å². The molecule has 2 saturated heterocycles. The summed E-state index contributed by atoms with van der Waals surface area (Å²) in [4.78, 5) is 58.5. The highest BCUT2D eigenvalue weighted by Gasteiger charge is 2.20. The first kappa shape index (κ1) is 29.1. The van der Waals surface area contributed by atoms with Crippen molar-refractivity contribution in [1.82, 2.24) is 10.6 Å². The van der Waals surface area contributed by atoms with Gasteiger partial charge in [0.25, 0.3) is 0 Å². The molecule has 0 saturated carbocycles. The van der Waals surface area contributed by atoms with Crippen molar-refractivity contribution in [3.63, 3.8) is 0 Å². The van der Waals surface area contributed by atoms with Crippen LogP contribution in [0.5, 0.6) is 0 Å². The van der Waals surface area contributed by atoms with Gasteiger partial charge in [0.15, 0.2) is 0 Å². The molecule has 0 spiro atoms. The Kier molecular flexibility index (Phi) is 16.4. The normalized spacial score (nSPS) is 18.8. The third-order valence-corrected chi connectivity index (χ3v) is 3.57. The van der Waals surface area contributed by atoms with Crippen molar-refractivity contribution < 1.29 is 54.3 Å². The minimum atomic E-state index is -1.38. The molecule has 7 N–H and O–H groups in total. The molecular formula is C17H28N2O11. The largest absolute Gasteiger partial charge is 0.481 e. The zero-order chi connectivity index (χ0) is 23.7. The van der Waals surface area contributed by atoms with Crippen molar-refractivity contribution in [2.45, 2.75) is 57.5 Å². The molecule has 0 aromatic heterocycles. The SMILES string of the molecule is CC(=O)C(=O)O.O=C(O)CCC(=O)O.O=C(O)[C@@H]1CCCN1.O=C(O)[C@@H]1CCCN1. The van der Waals surface area contributed by atoms with E-state index in [1.165, 1.54) is 0 Å². The van der Waals surface area contributed by atoms with Gasteiger partial charge in [0.05, 0.1) is 12.8 Å². The maximum atomic E-state index is 10.1. The van der Waals surface area contributed by atoms with Gasteiger partial charge in [0.2, 0.25) is 5.78 Å². The molecule has 0 aliphatic carbocycles. The van der Waals surface area contributed by atoms with E-state index < -0.39 is 35.6 Å². The van der Waals surface area contributed by atoms with Crippen molar-refractivity contribution >= 4 is 35.6 Å². The lowest BCUT2D eigenvalue weighted by atomic mass is 10.2. The molecule has 0 radical (unpaired) electrons. The molecular weight excluding hydrogens is 408 g/mol. The van der Waals surface area contributed by atoms with Gasteiger partial charge in [-0.3, -0.25) is 24.0 Å². The van der Waals surface area contributed by atoms with Crippen LogP contribution in [0.1, 0.15) is 45.4 Å². The van der Waals surface area contributed by atoms with Crippen molar-refractivity contribution in [3.05, 3.63) is 0 Å². The summed E-state index contributed by atoms with van der Waals surface area (Å²) in [6.07, 6.45) is 2.98. The molecule has 0 aromatic carbocycles. The molecule has 13 nitrogen and oxygen atoms in total. The second kappa shape index (κ2) is 16.9. The lowest BCUT2D eigenvalue weighted by Crippen LogP contribution is -2.29. The fourth-order valence-corrected chi connectivity index (χ4v) is 2.00. The number of Topliss-reactive ketones (excluding diaryl/α,β-unsaturated/α-hetero) is 1. The topological polar surface area (TPSA) is 228 Å². The van der Waals surface area contributed by atoms with Crippen LogP contribution in [0.4, 0.5) is 0 Å². The number of carboxylic acids is 5. The minimum Gasteiger partial charge on any atom is -0.481 e. The van der Waals surface area contributed by atoms with Crippen LogP contribution < -0.4 is 10.6 Å². The summed E-state index contributed by atoms with van der Waals surface area (Å²) in [5.41, 5.74) is 0. The highest BCUT2D eigenvalue weighted by Crippen LogP contribution is 2.04. The third-order valence-electron chi connectivity index (χ3n) is 3.57. The summed E-state index contributed by atoms with van der Waals surface area (Å²) >= 11 is 0. The van der Waals surface area contributed by atoms with Gasteiger partial charge in [-0.2, -0.15) is 0 Å². The highest BCUT2D eigenvalue weighted by atomic mass is 16.4. The van der Waals surface area contributed by atoms with E-state index in [1.807, 2.05) is 0 Å². The number of carbonyl (C=O) groups excluding carboxylic acids is 1. The predicted molar refractivity (Wildman–Crippen MR) is 100 cm³/mol. The predicted octanol–water partition coefficient (Wildman–Crippen LogP) is -0.758. The molecule has 0 unspecified atom stereocenters. The first-order valence-electron chi connectivity index (χ1n) is 8.98. The molecule has 2 rings (SSSR count). The van der Waals surface area contributed by atoms with Crippen LogP contribution in [0.25, 0.3) is 0 Å². The highest BCUT2D eigenvalue weighted by molar-refractivity contribution is 6.31. The Balaban J connectivity index is 0. The average Bonchev–Trinajstić information content (AvgIpc) is 3.35. The van der Waals surface area contributed by atoms with E-state index in [4.69, 9.17) is 25.5 Å². The van der Waals surface area contributed by atoms with E-state index in [1.54, 1.807) is 0 Å². The van der Waals surface area contributed by atoms with E-state index in [2.05, 4.69) is 10.6 Å². The van der Waals surface area contributed by atoms with Gasteiger partial charge in [0.1, 0.15) is 12.1 Å². The molecule has 2 fully saturated rings. The van der Waals surface area contributed by atoms with Crippen LogP contribution in [-0.2, 0) is 28.8 Å². The van der Waals surface area contributed by atoms with Gasteiger partial charge in [-0.15, -0.1) is 0 Å². The minimum absolute atomic E-state index is 0.269. The lowest BCUT2D eigenvalue weighted by Gasteiger charge is -1.99. The van der Waals surface area contributed by atoms with E-state index in [9.17, 15) is 28.8 Å². The van der Waals surface area contributed by atoms with Crippen molar-refractivity contribution in [2.75, 3.05) is 13.1 Å². The first-order valence-corrected chi connectivity index (χ1v) is 8.98. The summed E-state index contributed by atoms with van der Waals surface area (Å²) in [6, 6.07) is -0.537. The monoisotopic (exact) mass is 436 g/mol. The fraction of sp³-hybridized carbons (Fsp3) is 0.647. The maximum absolute atomic E-state index is 10.1. The molecule has 0 bridgehead atoms. The molecule has 0 aromatic rings. The van der Waals surface area contributed by atoms with Gasteiger partial charge in [-0.25, -0.2) is 4.79 Å². The number of rotatable bonds is 6. The molecule has 13 heteroatoms. The zero-order valence-corrected chi connectivity index (χ0v) is 16.5. The molecule has 2 heterocycles. The molecule has 0 amide bonds. The number of nitrogens with one attached hydrogen (secondary N) is 2. The van der Waals surface area contributed by atoms with Gasteiger partial charge < -0.3 is 36.2 Å². The standard InChI is InChI=1S/2C5H9NO2.C4H6O4.C3H4O3/c2*7-5(8)4-2-1-3-6-4;5-3(6)1-2-4(7)8;1-2(4)3(5)6/h2*4,6H,1-3H2,(H,7,8);1-2H2,(H,5,6)(H,7,8);1H3,(H,5,6)/t2*4-;;/m00../s1. The smallest absolute Gasteiger partial charge is 0.371 e. The number of carboxylic acid groups (broad SMARTS) is 5. The maximum Gasteiger partial charge on any atom is 0.371 e. The summed E-state index contributed by atoms with van der Waals surface area (Å²) in [5.74, 6) is -5.80. The Morgan fingerprint density at radius 2 is 1.00 bits per heavy atom.